The first-order valence-corrected chi connectivity index (χ1v) is 10.8. The van der Waals surface area contributed by atoms with Crippen molar-refractivity contribution in [1.29, 1.82) is 0 Å². The van der Waals surface area contributed by atoms with Crippen LogP contribution in [0.3, 0.4) is 0 Å². The highest BCUT2D eigenvalue weighted by molar-refractivity contribution is 7.99. The molecule has 4 rings (SSSR count). The van der Waals surface area contributed by atoms with E-state index in [1.54, 1.807) is 35.6 Å². The van der Waals surface area contributed by atoms with Crippen LogP contribution in [0.2, 0.25) is 0 Å². The lowest BCUT2D eigenvalue weighted by Gasteiger charge is -2.06. The van der Waals surface area contributed by atoms with Gasteiger partial charge in [-0.15, -0.1) is 16.4 Å². The molecule has 0 spiro atoms. The number of carbonyl (C=O) groups is 2. The van der Waals surface area contributed by atoms with E-state index in [4.69, 9.17) is 4.74 Å². The van der Waals surface area contributed by atoms with Crippen LogP contribution in [0.5, 0.6) is 0 Å². The lowest BCUT2D eigenvalue weighted by Crippen LogP contribution is -2.14. The SMILES string of the molecule is COC(=O)c1ccc(-n2nnnc2SCC(=O)Nc2nc3c(s2)CCCC3)cc1. The van der Waals surface area contributed by atoms with E-state index in [0.29, 0.717) is 21.5 Å². The molecule has 29 heavy (non-hydrogen) atoms. The van der Waals surface area contributed by atoms with Gasteiger partial charge in [-0.1, -0.05) is 11.8 Å². The fraction of sp³-hybridized carbons (Fsp3) is 0.333. The fourth-order valence-electron chi connectivity index (χ4n) is 2.98. The zero-order chi connectivity index (χ0) is 20.2. The molecule has 1 aliphatic rings. The fourth-order valence-corrected chi connectivity index (χ4v) is 4.74. The van der Waals surface area contributed by atoms with Crippen LogP contribution in [0.15, 0.2) is 29.4 Å². The molecule has 0 unspecified atom stereocenters. The largest absolute Gasteiger partial charge is 0.465 e. The highest BCUT2D eigenvalue weighted by atomic mass is 32.2. The van der Waals surface area contributed by atoms with Crippen molar-refractivity contribution in [2.45, 2.75) is 30.8 Å². The topological polar surface area (TPSA) is 112 Å². The van der Waals surface area contributed by atoms with E-state index < -0.39 is 5.97 Å². The van der Waals surface area contributed by atoms with Crippen LogP contribution in [-0.2, 0) is 22.4 Å². The van der Waals surface area contributed by atoms with Crippen LogP contribution in [0, 0.1) is 0 Å². The number of hydrogen-bond donors (Lipinski definition) is 1. The first kappa shape index (κ1) is 19.5. The number of methoxy groups -OCH3 is 1. The molecule has 0 radical (unpaired) electrons. The zero-order valence-electron chi connectivity index (χ0n) is 15.6. The summed E-state index contributed by atoms with van der Waals surface area (Å²) in [5.74, 6) is -0.412. The Labute approximate surface area is 174 Å². The molecule has 0 bridgehead atoms. The van der Waals surface area contributed by atoms with Crippen LogP contribution in [0.4, 0.5) is 5.13 Å². The molecular weight excluding hydrogens is 412 g/mol. The monoisotopic (exact) mass is 430 g/mol. The minimum absolute atomic E-state index is 0.156. The van der Waals surface area contributed by atoms with E-state index in [0.717, 1.165) is 25.0 Å². The number of carbonyl (C=O) groups excluding carboxylic acids is 2. The van der Waals surface area contributed by atoms with Gasteiger partial charge in [-0.05, 0) is 60.4 Å². The summed E-state index contributed by atoms with van der Waals surface area (Å²) in [6.45, 7) is 0. The molecule has 0 atom stereocenters. The van der Waals surface area contributed by atoms with Crippen molar-refractivity contribution in [1.82, 2.24) is 25.2 Å². The smallest absolute Gasteiger partial charge is 0.337 e. The number of nitrogens with zero attached hydrogens (tertiary/aromatic N) is 5. The summed E-state index contributed by atoms with van der Waals surface area (Å²) in [5, 5.41) is 15.6. The summed E-state index contributed by atoms with van der Waals surface area (Å²) in [6.07, 6.45) is 4.37. The van der Waals surface area contributed by atoms with E-state index in [1.165, 1.54) is 34.9 Å². The average Bonchev–Trinajstić information content (AvgIpc) is 3.38. The minimum atomic E-state index is -0.414. The Morgan fingerprint density at radius 2 is 2.03 bits per heavy atom. The maximum Gasteiger partial charge on any atom is 0.337 e. The van der Waals surface area contributed by atoms with E-state index in [9.17, 15) is 9.59 Å². The van der Waals surface area contributed by atoms with Crippen molar-refractivity contribution in [3.63, 3.8) is 0 Å². The number of ether oxygens (including phenoxy) is 1. The molecule has 0 fully saturated rings. The number of aryl methyl sites for hydroxylation is 2. The van der Waals surface area contributed by atoms with E-state index in [-0.39, 0.29) is 11.7 Å². The van der Waals surface area contributed by atoms with Gasteiger partial charge >= 0.3 is 5.97 Å². The number of fused-ring (bicyclic) bond motifs is 1. The van der Waals surface area contributed by atoms with Gasteiger partial charge in [0, 0.05) is 4.88 Å². The van der Waals surface area contributed by atoms with Crippen molar-refractivity contribution < 1.29 is 14.3 Å². The summed E-state index contributed by atoms with van der Waals surface area (Å²) in [4.78, 5) is 29.7. The molecule has 0 saturated carbocycles. The quantitative estimate of drug-likeness (QED) is 0.469. The maximum absolute atomic E-state index is 12.3. The van der Waals surface area contributed by atoms with Crippen molar-refractivity contribution in [2.75, 3.05) is 18.2 Å². The Hall–Kier alpha value is -2.79. The van der Waals surface area contributed by atoms with E-state index in [2.05, 4.69) is 25.8 Å². The normalized spacial score (nSPS) is 13.0. The molecule has 1 aromatic carbocycles. The molecule has 9 nitrogen and oxygen atoms in total. The lowest BCUT2D eigenvalue weighted by molar-refractivity contribution is -0.113. The van der Waals surface area contributed by atoms with Gasteiger partial charge in [0.25, 0.3) is 0 Å². The second-order valence-corrected chi connectivity index (χ2v) is 8.37. The van der Waals surface area contributed by atoms with E-state index in [1.807, 2.05) is 0 Å². The van der Waals surface area contributed by atoms with Crippen LogP contribution in [-0.4, -0.2) is 49.9 Å². The number of amides is 1. The van der Waals surface area contributed by atoms with Gasteiger partial charge in [-0.25, -0.2) is 9.78 Å². The molecule has 2 aromatic heterocycles. The summed E-state index contributed by atoms with van der Waals surface area (Å²) >= 11 is 2.78. The molecule has 1 amide bonds. The van der Waals surface area contributed by atoms with E-state index >= 15 is 0 Å². The number of esters is 1. The first-order valence-electron chi connectivity index (χ1n) is 9.02. The number of aromatic nitrogens is 5. The predicted molar refractivity (Wildman–Crippen MR) is 109 cm³/mol. The highest BCUT2D eigenvalue weighted by Gasteiger charge is 2.17. The van der Waals surface area contributed by atoms with Gasteiger partial charge in [0.2, 0.25) is 11.1 Å². The second-order valence-electron chi connectivity index (χ2n) is 6.34. The Kier molecular flexibility index (Phi) is 5.86. The second kappa shape index (κ2) is 8.70. The number of tetrazole rings is 1. The number of thioether (sulfide) groups is 1. The van der Waals surface area contributed by atoms with Crippen molar-refractivity contribution >= 4 is 40.1 Å². The molecule has 150 valence electrons. The number of anilines is 1. The van der Waals surface area contributed by atoms with Gasteiger partial charge in [0.05, 0.1) is 29.8 Å². The summed E-state index contributed by atoms with van der Waals surface area (Å²) in [5.41, 5.74) is 2.23. The lowest BCUT2D eigenvalue weighted by atomic mass is 10.0. The first-order chi connectivity index (χ1) is 14.1. The van der Waals surface area contributed by atoms with Crippen LogP contribution in [0.25, 0.3) is 5.69 Å². The third-order valence-corrected chi connectivity index (χ3v) is 6.39. The highest BCUT2D eigenvalue weighted by Crippen LogP contribution is 2.29. The Bertz CT molecular complexity index is 1010. The Morgan fingerprint density at radius 3 is 2.79 bits per heavy atom. The number of hydrogen-bond acceptors (Lipinski definition) is 9. The molecule has 1 N–H and O–H groups in total. The van der Waals surface area contributed by atoms with Crippen molar-refractivity contribution in [3.8, 4) is 5.69 Å². The number of benzene rings is 1. The number of nitrogens with one attached hydrogen (secondary N) is 1. The molecule has 1 aliphatic carbocycles. The number of thiazole rings is 1. The van der Waals surface area contributed by atoms with Gasteiger partial charge < -0.3 is 10.1 Å². The van der Waals surface area contributed by atoms with Gasteiger partial charge in [0.15, 0.2) is 5.13 Å². The van der Waals surface area contributed by atoms with Crippen LogP contribution < -0.4 is 5.32 Å². The third-order valence-electron chi connectivity index (χ3n) is 4.40. The van der Waals surface area contributed by atoms with Crippen LogP contribution >= 0.6 is 23.1 Å². The molecule has 2 heterocycles. The Morgan fingerprint density at radius 1 is 1.24 bits per heavy atom. The standard InChI is InChI=1S/C18H18N6O3S2/c1-27-16(26)11-6-8-12(9-7-11)24-18(21-22-23-24)28-10-15(25)20-17-19-13-4-2-3-5-14(13)29-17/h6-9H,2-5,10H2,1H3,(H,19,20,25). The summed E-state index contributed by atoms with van der Waals surface area (Å²) in [6, 6.07) is 6.70. The summed E-state index contributed by atoms with van der Waals surface area (Å²) < 4.78 is 6.21. The van der Waals surface area contributed by atoms with Crippen molar-refractivity contribution in [2.24, 2.45) is 0 Å². The van der Waals surface area contributed by atoms with Crippen molar-refractivity contribution in [3.05, 3.63) is 40.4 Å². The number of rotatable bonds is 6. The average molecular weight is 431 g/mol. The molecule has 11 heteroatoms. The summed E-state index contributed by atoms with van der Waals surface area (Å²) in [7, 11) is 1.33. The molecule has 0 aliphatic heterocycles. The van der Waals surface area contributed by atoms with Crippen LogP contribution in [0.1, 0.15) is 33.8 Å². The molecule has 3 aromatic rings. The predicted octanol–water partition coefficient (Wildman–Crippen LogP) is 2.52. The van der Waals surface area contributed by atoms with Gasteiger partial charge in [-0.2, -0.15) is 4.68 Å². The Balaban J connectivity index is 1.38. The minimum Gasteiger partial charge on any atom is -0.465 e. The molecular formula is C18H18N6O3S2. The van der Waals surface area contributed by atoms with Gasteiger partial charge in [-0.3, -0.25) is 4.79 Å². The molecule has 0 saturated heterocycles. The third kappa shape index (κ3) is 4.46. The van der Waals surface area contributed by atoms with Gasteiger partial charge in [0.1, 0.15) is 0 Å². The maximum atomic E-state index is 12.3. The zero-order valence-corrected chi connectivity index (χ0v) is 17.3.